The number of thiophene rings is 1. The molecule has 2 N–H and O–H groups in total. The van der Waals surface area contributed by atoms with Crippen LogP contribution in [0.3, 0.4) is 0 Å². The Morgan fingerprint density at radius 1 is 1.75 bits per heavy atom. The maximum absolute atomic E-state index is 11.1. The van der Waals surface area contributed by atoms with Crippen molar-refractivity contribution in [2.24, 2.45) is 5.14 Å². The van der Waals surface area contributed by atoms with E-state index in [1.165, 1.54) is 17.4 Å². The zero-order valence-corrected chi connectivity index (χ0v) is 10.2. The molecule has 1 rings (SSSR count). The molecule has 5 nitrogen and oxygen atoms in total. The van der Waals surface area contributed by atoms with Gasteiger partial charge in [0.15, 0.2) is 0 Å². The van der Waals surface area contributed by atoms with Gasteiger partial charge in [0.1, 0.15) is 0 Å². The van der Waals surface area contributed by atoms with E-state index in [9.17, 15) is 14.9 Å². The Balaban J connectivity index is 2.89. The van der Waals surface area contributed by atoms with E-state index < -0.39 is 4.92 Å². The molecule has 7 heteroatoms. The lowest BCUT2D eigenvalue weighted by Gasteiger charge is -1.98. The first-order valence-electron chi connectivity index (χ1n) is 4.28. The van der Waals surface area contributed by atoms with Crippen LogP contribution in [0, 0.1) is 17.0 Å². The van der Waals surface area contributed by atoms with Gasteiger partial charge in [0.05, 0.1) is 9.80 Å². The third kappa shape index (κ3) is 2.91. The minimum absolute atomic E-state index is 0.0639. The first-order chi connectivity index (χ1) is 7.45. The average Bonchev–Trinajstić information content (AvgIpc) is 2.60. The fourth-order valence-electron chi connectivity index (χ4n) is 1.13. The van der Waals surface area contributed by atoms with Crippen LogP contribution in [-0.2, 0) is 4.79 Å². The highest BCUT2D eigenvalue weighted by molar-refractivity contribution is 8.11. The van der Waals surface area contributed by atoms with E-state index in [1.807, 2.05) is 0 Å². The average molecular weight is 258 g/mol. The Bertz CT molecular complexity index is 454. The zero-order chi connectivity index (χ0) is 12.3. The molecule has 0 aliphatic heterocycles. The van der Waals surface area contributed by atoms with E-state index in [2.05, 4.69) is 6.58 Å². The Morgan fingerprint density at radius 3 is 2.81 bits per heavy atom. The van der Waals surface area contributed by atoms with Gasteiger partial charge in [-0.1, -0.05) is 6.58 Å². The van der Waals surface area contributed by atoms with Crippen molar-refractivity contribution >= 4 is 39.7 Å². The molecule has 0 saturated heterocycles. The van der Waals surface area contributed by atoms with Crippen molar-refractivity contribution in [2.45, 2.75) is 13.3 Å². The molecule has 0 aromatic carbocycles. The van der Waals surface area contributed by atoms with Crippen LogP contribution in [0.25, 0.3) is 5.57 Å². The second-order valence-corrected chi connectivity index (χ2v) is 5.03. The highest BCUT2D eigenvalue weighted by atomic mass is 32.2. The van der Waals surface area contributed by atoms with Crippen molar-refractivity contribution in [3.63, 3.8) is 0 Å². The predicted molar refractivity (Wildman–Crippen MR) is 66.1 cm³/mol. The summed E-state index contributed by atoms with van der Waals surface area (Å²) in [6.07, 6.45) is 0.109. The summed E-state index contributed by atoms with van der Waals surface area (Å²) in [5, 5.41) is 15.5. The topological polar surface area (TPSA) is 86.2 Å². The molecule has 0 atom stereocenters. The van der Waals surface area contributed by atoms with E-state index in [0.717, 1.165) is 0 Å². The summed E-state index contributed by atoms with van der Waals surface area (Å²) in [7, 11) is 0. The maximum atomic E-state index is 11.1. The first kappa shape index (κ1) is 12.9. The SMILES string of the molecule is C=C(CC(=O)SN)c1cc([N+](=O)[O-])c(C)s1. The van der Waals surface area contributed by atoms with Crippen LogP contribution in [0.4, 0.5) is 5.69 Å². The van der Waals surface area contributed by atoms with E-state index in [0.29, 0.717) is 27.3 Å². The van der Waals surface area contributed by atoms with Crippen molar-refractivity contribution in [3.8, 4) is 0 Å². The monoisotopic (exact) mass is 258 g/mol. The van der Waals surface area contributed by atoms with Crippen LogP contribution in [0.15, 0.2) is 12.6 Å². The van der Waals surface area contributed by atoms with Crippen molar-refractivity contribution in [3.05, 3.63) is 32.5 Å². The van der Waals surface area contributed by atoms with Gasteiger partial charge in [-0.05, 0) is 24.4 Å². The van der Waals surface area contributed by atoms with E-state index in [4.69, 9.17) is 5.14 Å². The number of nitro groups is 1. The predicted octanol–water partition coefficient (Wildman–Crippen LogP) is 2.50. The first-order valence-corrected chi connectivity index (χ1v) is 5.98. The Labute approximate surface area is 101 Å². The number of nitrogens with two attached hydrogens (primary N) is 1. The summed E-state index contributed by atoms with van der Waals surface area (Å²) in [6, 6.07) is 1.44. The van der Waals surface area contributed by atoms with Crippen molar-refractivity contribution in [1.82, 2.24) is 0 Å². The number of nitrogens with zero attached hydrogens (tertiary/aromatic N) is 1. The molecule has 0 unspecified atom stereocenters. The van der Waals surface area contributed by atoms with Gasteiger partial charge in [0, 0.05) is 17.4 Å². The number of hydrogen-bond donors (Lipinski definition) is 1. The van der Waals surface area contributed by atoms with E-state index in [1.54, 1.807) is 6.92 Å². The molecule has 0 saturated carbocycles. The van der Waals surface area contributed by atoms with Crippen LogP contribution in [0.5, 0.6) is 0 Å². The maximum Gasteiger partial charge on any atom is 0.283 e. The van der Waals surface area contributed by atoms with Gasteiger partial charge in [-0.25, -0.2) is 0 Å². The number of rotatable bonds is 4. The number of carbonyl (C=O) groups excluding carboxylic acids is 1. The minimum atomic E-state index is -0.442. The van der Waals surface area contributed by atoms with Gasteiger partial charge in [0.2, 0.25) is 5.12 Å². The summed E-state index contributed by atoms with van der Waals surface area (Å²) < 4.78 is 0. The lowest BCUT2D eigenvalue weighted by Crippen LogP contribution is -1.96. The molecule has 0 amide bonds. The second kappa shape index (κ2) is 5.24. The van der Waals surface area contributed by atoms with Crippen LogP contribution in [-0.4, -0.2) is 10.0 Å². The molecule has 86 valence electrons. The molecule has 1 aromatic heterocycles. The molecule has 0 aliphatic rings. The molecule has 0 bridgehead atoms. The lowest BCUT2D eigenvalue weighted by atomic mass is 10.2. The Kier molecular flexibility index (Phi) is 4.22. The highest BCUT2D eigenvalue weighted by Crippen LogP contribution is 2.33. The van der Waals surface area contributed by atoms with Crippen LogP contribution < -0.4 is 5.14 Å². The Hall–Kier alpha value is -1.18. The molecule has 1 aromatic rings. The third-order valence-corrected chi connectivity index (χ3v) is 3.47. The lowest BCUT2D eigenvalue weighted by molar-refractivity contribution is -0.385. The minimum Gasteiger partial charge on any atom is -0.285 e. The summed E-state index contributed by atoms with van der Waals surface area (Å²) in [5.41, 5.74) is 0.623. The number of aryl methyl sites for hydroxylation is 1. The molecule has 16 heavy (non-hydrogen) atoms. The van der Waals surface area contributed by atoms with Crippen molar-refractivity contribution in [1.29, 1.82) is 0 Å². The van der Waals surface area contributed by atoms with Crippen molar-refractivity contribution < 1.29 is 9.72 Å². The summed E-state index contributed by atoms with van der Waals surface area (Å²) in [5.74, 6) is 0. The third-order valence-electron chi connectivity index (χ3n) is 1.93. The van der Waals surface area contributed by atoms with Crippen LogP contribution in [0.2, 0.25) is 0 Å². The largest absolute Gasteiger partial charge is 0.285 e. The standard InChI is InChI=1S/C9H10N2O3S2/c1-5(3-9(12)16-10)8-4-7(11(13)14)6(2)15-8/h4H,1,3,10H2,2H3. The number of carbonyl (C=O) groups is 1. The molecule has 0 aliphatic carbocycles. The van der Waals surface area contributed by atoms with Crippen molar-refractivity contribution in [2.75, 3.05) is 0 Å². The van der Waals surface area contributed by atoms with Gasteiger partial charge in [0.25, 0.3) is 5.69 Å². The van der Waals surface area contributed by atoms with Crippen LogP contribution in [0.1, 0.15) is 16.2 Å². The molecule has 0 spiro atoms. The number of allylic oxidation sites excluding steroid dienone is 1. The smallest absolute Gasteiger partial charge is 0.283 e. The summed E-state index contributed by atoms with van der Waals surface area (Å²) in [4.78, 5) is 22.5. The van der Waals surface area contributed by atoms with Gasteiger partial charge >= 0.3 is 0 Å². The highest BCUT2D eigenvalue weighted by Gasteiger charge is 2.17. The summed E-state index contributed by atoms with van der Waals surface area (Å²) in [6.45, 7) is 5.39. The fraction of sp³-hybridized carbons (Fsp3) is 0.222. The second-order valence-electron chi connectivity index (χ2n) is 3.08. The van der Waals surface area contributed by atoms with Crippen LogP contribution >= 0.6 is 23.3 Å². The van der Waals surface area contributed by atoms with Gasteiger partial charge in [-0.15, -0.1) is 11.3 Å². The van der Waals surface area contributed by atoms with E-state index in [-0.39, 0.29) is 17.2 Å². The van der Waals surface area contributed by atoms with Gasteiger partial charge in [-0.2, -0.15) is 0 Å². The number of hydrogen-bond acceptors (Lipinski definition) is 6. The molecule has 0 fully saturated rings. The molecular formula is C9H10N2O3S2. The Morgan fingerprint density at radius 2 is 2.38 bits per heavy atom. The molecule has 1 heterocycles. The van der Waals surface area contributed by atoms with Gasteiger partial charge in [-0.3, -0.25) is 20.0 Å². The molecular weight excluding hydrogens is 248 g/mol. The fourth-order valence-corrected chi connectivity index (χ4v) is 2.34. The van der Waals surface area contributed by atoms with E-state index >= 15 is 0 Å². The quantitative estimate of drug-likeness (QED) is 0.509. The normalized spacial score (nSPS) is 10.1. The summed E-state index contributed by atoms with van der Waals surface area (Å²) >= 11 is 1.90. The van der Waals surface area contributed by atoms with Gasteiger partial charge < -0.3 is 0 Å². The molecule has 0 radical (unpaired) electrons. The zero-order valence-electron chi connectivity index (χ0n) is 8.56.